The number of halogens is 2. The average Bonchev–Trinajstić information content (AvgIpc) is 3.12. The van der Waals surface area contributed by atoms with Gasteiger partial charge in [0.1, 0.15) is 6.17 Å². The zero-order chi connectivity index (χ0) is 15.7. The number of hydrazine groups is 1. The third-order valence-corrected chi connectivity index (χ3v) is 5.78. The van der Waals surface area contributed by atoms with Crippen LogP contribution in [0.1, 0.15) is 26.7 Å². The summed E-state index contributed by atoms with van der Waals surface area (Å²) in [6.45, 7) is 6.64. The molecule has 1 fully saturated rings. The molecule has 0 amide bonds. The second kappa shape index (κ2) is 6.97. The highest BCUT2D eigenvalue weighted by Gasteiger charge is 2.28. The minimum absolute atomic E-state index is 0.0581. The van der Waals surface area contributed by atoms with Gasteiger partial charge in [0.05, 0.1) is 21.1 Å². The van der Waals surface area contributed by atoms with E-state index < -0.39 is 0 Å². The van der Waals surface area contributed by atoms with E-state index in [9.17, 15) is 0 Å². The molecule has 4 nitrogen and oxygen atoms in total. The third-order valence-electron chi connectivity index (χ3n) is 3.90. The van der Waals surface area contributed by atoms with Gasteiger partial charge in [-0.05, 0) is 58.0 Å². The van der Waals surface area contributed by atoms with Gasteiger partial charge in [-0.3, -0.25) is 9.91 Å². The summed E-state index contributed by atoms with van der Waals surface area (Å²) in [4.78, 5) is 7.20. The highest BCUT2D eigenvalue weighted by atomic mass is 35.5. The van der Waals surface area contributed by atoms with Crippen molar-refractivity contribution in [2.24, 2.45) is 4.99 Å². The van der Waals surface area contributed by atoms with E-state index in [1.807, 2.05) is 30.1 Å². The number of anilines is 1. The fourth-order valence-corrected chi connectivity index (χ4v) is 4.16. The molecule has 2 atom stereocenters. The lowest BCUT2D eigenvalue weighted by atomic mass is 10.3. The molecule has 1 aromatic rings. The van der Waals surface area contributed by atoms with Gasteiger partial charge in [0, 0.05) is 0 Å². The summed E-state index contributed by atoms with van der Waals surface area (Å²) >= 11 is 13.9. The minimum Gasteiger partial charge on any atom is -0.291 e. The van der Waals surface area contributed by atoms with Crippen LogP contribution in [0, 0.1) is 0 Å². The predicted molar refractivity (Wildman–Crippen MR) is 96.8 cm³/mol. The van der Waals surface area contributed by atoms with E-state index in [0.29, 0.717) is 15.4 Å². The largest absolute Gasteiger partial charge is 0.291 e. The summed E-state index contributed by atoms with van der Waals surface area (Å²) in [5.74, 6) is 0. The fourth-order valence-electron chi connectivity index (χ4n) is 2.72. The van der Waals surface area contributed by atoms with Crippen LogP contribution in [0.2, 0.25) is 10.0 Å². The zero-order valence-electron chi connectivity index (χ0n) is 12.7. The van der Waals surface area contributed by atoms with E-state index in [2.05, 4.69) is 17.2 Å². The number of benzene rings is 1. The number of rotatable bonds is 3. The van der Waals surface area contributed by atoms with Crippen molar-refractivity contribution in [1.82, 2.24) is 10.3 Å². The predicted octanol–water partition coefficient (Wildman–Crippen LogP) is 4.20. The van der Waals surface area contributed by atoms with E-state index >= 15 is 0 Å². The lowest BCUT2D eigenvalue weighted by Gasteiger charge is -2.26. The molecule has 0 spiro atoms. The molecule has 22 heavy (non-hydrogen) atoms. The first-order valence-corrected chi connectivity index (χ1v) is 9.18. The van der Waals surface area contributed by atoms with Gasteiger partial charge in [0.15, 0.2) is 5.17 Å². The highest BCUT2D eigenvalue weighted by Crippen LogP contribution is 2.31. The van der Waals surface area contributed by atoms with Gasteiger partial charge in [-0.1, -0.05) is 35.0 Å². The molecule has 2 heterocycles. The van der Waals surface area contributed by atoms with Gasteiger partial charge < -0.3 is 0 Å². The van der Waals surface area contributed by atoms with Crippen molar-refractivity contribution in [2.45, 2.75) is 38.2 Å². The number of thioether (sulfide) groups is 1. The Bertz CT molecular complexity index is 575. The summed E-state index contributed by atoms with van der Waals surface area (Å²) < 4.78 is 0. The Hall–Kier alpha value is -0.460. The second-order valence-electron chi connectivity index (χ2n) is 5.61. The number of aliphatic imine (C=N–C) groups is 1. The topological polar surface area (TPSA) is 30.9 Å². The van der Waals surface area contributed by atoms with Crippen LogP contribution >= 0.6 is 35.0 Å². The van der Waals surface area contributed by atoms with E-state index in [1.165, 1.54) is 25.9 Å². The molecule has 0 saturated carbocycles. The normalized spacial score (nSPS) is 23.9. The molecule has 0 bridgehead atoms. The van der Waals surface area contributed by atoms with Crippen molar-refractivity contribution < 1.29 is 0 Å². The van der Waals surface area contributed by atoms with E-state index in [-0.39, 0.29) is 6.17 Å². The lowest BCUT2D eigenvalue weighted by molar-refractivity contribution is 0.333. The first kappa shape index (κ1) is 16.4. The number of nitrogens with one attached hydrogen (secondary N) is 1. The molecular formula is C15H20Cl2N4S. The molecule has 1 aromatic carbocycles. The van der Waals surface area contributed by atoms with Gasteiger partial charge in [-0.25, -0.2) is 10.4 Å². The van der Waals surface area contributed by atoms with E-state index in [1.54, 1.807) is 11.8 Å². The van der Waals surface area contributed by atoms with Crippen LogP contribution in [0.25, 0.3) is 0 Å². The Labute approximate surface area is 145 Å². The van der Waals surface area contributed by atoms with Gasteiger partial charge in [-0.2, -0.15) is 0 Å². The number of nitrogens with zero attached hydrogens (tertiary/aromatic N) is 3. The summed E-state index contributed by atoms with van der Waals surface area (Å²) in [5.41, 5.74) is 4.31. The van der Waals surface area contributed by atoms with Crippen molar-refractivity contribution in [3.63, 3.8) is 0 Å². The molecule has 2 unspecified atom stereocenters. The second-order valence-corrected chi connectivity index (χ2v) is 7.71. The number of amidine groups is 1. The molecule has 2 aliphatic rings. The van der Waals surface area contributed by atoms with Crippen molar-refractivity contribution >= 4 is 45.8 Å². The Morgan fingerprint density at radius 2 is 2.00 bits per heavy atom. The zero-order valence-corrected chi connectivity index (χ0v) is 15.0. The standard InChI is InChI=1S/C15H20Cl2N4S/c1-10-18-15(22-11(2)20-7-3-4-8-20)21(19-10)12-5-6-13(16)14(17)9-12/h5-6,9-11,19H,3-4,7-8H2,1-2H3. The molecule has 0 aliphatic carbocycles. The maximum absolute atomic E-state index is 6.14. The molecule has 2 aliphatic heterocycles. The lowest BCUT2D eigenvalue weighted by Crippen LogP contribution is -2.40. The van der Waals surface area contributed by atoms with Crippen LogP contribution < -0.4 is 10.4 Å². The van der Waals surface area contributed by atoms with Crippen LogP contribution in [-0.2, 0) is 0 Å². The van der Waals surface area contributed by atoms with Gasteiger partial charge >= 0.3 is 0 Å². The first-order valence-electron chi connectivity index (χ1n) is 7.54. The van der Waals surface area contributed by atoms with Crippen molar-refractivity contribution in [3.8, 4) is 0 Å². The quantitative estimate of drug-likeness (QED) is 0.877. The molecule has 3 rings (SSSR count). The summed E-state index contributed by atoms with van der Waals surface area (Å²) in [5, 5.41) is 4.51. The van der Waals surface area contributed by atoms with E-state index in [0.717, 1.165) is 10.9 Å². The SMILES string of the molecule is CC1N=C(SC(C)N2CCCC2)N(c2ccc(Cl)c(Cl)c2)N1. The van der Waals surface area contributed by atoms with Crippen LogP contribution in [0.3, 0.4) is 0 Å². The number of hydrogen-bond donors (Lipinski definition) is 1. The number of hydrogen-bond acceptors (Lipinski definition) is 5. The average molecular weight is 359 g/mol. The molecule has 120 valence electrons. The van der Waals surface area contributed by atoms with Gasteiger partial charge in [-0.15, -0.1) is 0 Å². The Kier molecular flexibility index (Phi) is 5.20. The van der Waals surface area contributed by atoms with Crippen molar-refractivity contribution in [1.29, 1.82) is 0 Å². The Morgan fingerprint density at radius 3 is 2.68 bits per heavy atom. The smallest absolute Gasteiger partial charge is 0.181 e. The van der Waals surface area contributed by atoms with Gasteiger partial charge in [0.25, 0.3) is 0 Å². The molecule has 7 heteroatoms. The molecule has 0 aromatic heterocycles. The molecule has 0 radical (unpaired) electrons. The molecule has 1 N–H and O–H groups in total. The van der Waals surface area contributed by atoms with E-state index in [4.69, 9.17) is 28.2 Å². The maximum atomic E-state index is 6.14. The van der Waals surface area contributed by atoms with Crippen LogP contribution in [-0.4, -0.2) is 34.7 Å². The summed E-state index contributed by atoms with van der Waals surface area (Å²) in [6, 6.07) is 5.64. The Morgan fingerprint density at radius 1 is 1.27 bits per heavy atom. The van der Waals surface area contributed by atoms with Crippen molar-refractivity contribution in [3.05, 3.63) is 28.2 Å². The summed E-state index contributed by atoms with van der Waals surface area (Å²) in [7, 11) is 0. The molecule has 1 saturated heterocycles. The van der Waals surface area contributed by atoms with Crippen LogP contribution in [0.4, 0.5) is 5.69 Å². The molecular weight excluding hydrogens is 339 g/mol. The summed E-state index contributed by atoms with van der Waals surface area (Å²) in [6.07, 6.45) is 2.65. The van der Waals surface area contributed by atoms with Gasteiger partial charge in [0.2, 0.25) is 0 Å². The fraction of sp³-hybridized carbons (Fsp3) is 0.533. The monoisotopic (exact) mass is 358 g/mol. The Balaban J connectivity index is 1.75. The van der Waals surface area contributed by atoms with Crippen molar-refractivity contribution in [2.75, 3.05) is 18.1 Å². The minimum atomic E-state index is 0.0581. The van der Waals surface area contributed by atoms with Crippen LogP contribution in [0.5, 0.6) is 0 Å². The third kappa shape index (κ3) is 3.54. The number of likely N-dealkylation sites (tertiary alicyclic amines) is 1. The highest BCUT2D eigenvalue weighted by molar-refractivity contribution is 8.14. The van der Waals surface area contributed by atoms with Crippen LogP contribution in [0.15, 0.2) is 23.2 Å². The maximum Gasteiger partial charge on any atom is 0.181 e. The first-order chi connectivity index (χ1) is 10.5.